The highest BCUT2D eigenvalue weighted by atomic mass is 32.1. The zero-order valence-corrected chi connectivity index (χ0v) is 13.4. The van der Waals surface area contributed by atoms with Gasteiger partial charge in [-0.15, -0.1) is 11.3 Å². The molecule has 23 heavy (non-hydrogen) atoms. The SMILES string of the molecule is COc1cc(C(=O)Nc2nc(C(=O)O)cs2)cc(OC)c1OC. The summed E-state index contributed by atoms with van der Waals surface area (Å²) in [6, 6.07) is 2.98. The van der Waals surface area contributed by atoms with Crippen LogP contribution in [0.25, 0.3) is 0 Å². The van der Waals surface area contributed by atoms with Crippen LogP contribution >= 0.6 is 11.3 Å². The van der Waals surface area contributed by atoms with Crippen molar-refractivity contribution in [1.29, 1.82) is 0 Å². The van der Waals surface area contributed by atoms with Gasteiger partial charge in [-0.3, -0.25) is 10.1 Å². The van der Waals surface area contributed by atoms with E-state index in [2.05, 4.69) is 10.3 Å². The second kappa shape index (κ2) is 6.97. The monoisotopic (exact) mass is 338 g/mol. The first-order valence-electron chi connectivity index (χ1n) is 6.30. The molecule has 2 aromatic rings. The van der Waals surface area contributed by atoms with Gasteiger partial charge in [0.25, 0.3) is 5.91 Å². The Labute approximate surface area is 135 Å². The third-order valence-electron chi connectivity index (χ3n) is 2.87. The molecule has 0 fully saturated rings. The number of nitrogens with zero attached hydrogens (tertiary/aromatic N) is 1. The minimum atomic E-state index is -1.16. The van der Waals surface area contributed by atoms with E-state index in [4.69, 9.17) is 19.3 Å². The molecule has 1 amide bonds. The minimum Gasteiger partial charge on any atom is -0.493 e. The number of hydrogen-bond donors (Lipinski definition) is 2. The first kappa shape index (κ1) is 16.6. The summed E-state index contributed by atoms with van der Waals surface area (Å²) >= 11 is 1.02. The average molecular weight is 338 g/mol. The molecule has 0 aliphatic carbocycles. The maximum Gasteiger partial charge on any atom is 0.355 e. The summed E-state index contributed by atoms with van der Waals surface area (Å²) in [6.07, 6.45) is 0. The Morgan fingerprint density at radius 2 is 1.74 bits per heavy atom. The van der Waals surface area contributed by atoms with Gasteiger partial charge in [-0.1, -0.05) is 0 Å². The predicted octanol–water partition coefficient (Wildman–Crippen LogP) is 2.12. The molecular weight excluding hydrogens is 324 g/mol. The summed E-state index contributed by atoms with van der Waals surface area (Å²) < 4.78 is 15.5. The van der Waals surface area contributed by atoms with Gasteiger partial charge in [-0.25, -0.2) is 9.78 Å². The lowest BCUT2D eigenvalue weighted by molar-refractivity contribution is 0.0691. The summed E-state index contributed by atoms with van der Waals surface area (Å²) in [4.78, 5) is 26.9. The lowest BCUT2D eigenvalue weighted by atomic mass is 10.1. The molecule has 8 nitrogen and oxygen atoms in total. The predicted molar refractivity (Wildman–Crippen MR) is 83.1 cm³/mol. The number of carboxylic acids is 1. The lowest BCUT2D eigenvalue weighted by Crippen LogP contribution is -2.12. The quantitative estimate of drug-likeness (QED) is 0.830. The van der Waals surface area contributed by atoms with Crippen molar-refractivity contribution in [3.05, 3.63) is 28.8 Å². The molecular formula is C14H14N2O6S. The van der Waals surface area contributed by atoms with Crippen molar-refractivity contribution in [3.63, 3.8) is 0 Å². The van der Waals surface area contributed by atoms with Crippen molar-refractivity contribution in [1.82, 2.24) is 4.98 Å². The standard InChI is InChI=1S/C14H14N2O6S/c1-20-9-4-7(5-10(21-2)11(9)22-3)12(17)16-14-15-8(6-23-14)13(18)19/h4-6H,1-3H3,(H,18,19)(H,15,16,17). The number of anilines is 1. The summed E-state index contributed by atoms with van der Waals surface area (Å²) in [5.41, 5.74) is 0.127. The summed E-state index contributed by atoms with van der Waals surface area (Å²) in [5, 5.41) is 12.9. The molecule has 2 rings (SSSR count). The Balaban J connectivity index is 2.29. The molecule has 122 valence electrons. The van der Waals surface area contributed by atoms with Crippen LogP contribution in [0.1, 0.15) is 20.8 Å². The highest BCUT2D eigenvalue weighted by Gasteiger charge is 2.18. The fraction of sp³-hybridized carbons (Fsp3) is 0.214. The number of aromatic carboxylic acids is 1. The highest BCUT2D eigenvalue weighted by molar-refractivity contribution is 7.14. The summed E-state index contributed by atoms with van der Waals surface area (Å²) in [7, 11) is 4.35. The minimum absolute atomic E-state index is 0.129. The maximum absolute atomic E-state index is 12.3. The number of amides is 1. The van der Waals surface area contributed by atoms with Crippen molar-refractivity contribution in [2.24, 2.45) is 0 Å². The number of ether oxygens (including phenoxy) is 3. The topological polar surface area (TPSA) is 107 Å². The summed E-state index contributed by atoms with van der Waals surface area (Å²) in [6.45, 7) is 0. The number of rotatable bonds is 6. The Hall–Kier alpha value is -2.81. The van der Waals surface area contributed by atoms with E-state index < -0.39 is 11.9 Å². The Morgan fingerprint density at radius 1 is 1.13 bits per heavy atom. The van der Waals surface area contributed by atoms with E-state index >= 15 is 0 Å². The maximum atomic E-state index is 12.3. The number of hydrogen-bond acceptors (Lipinski definition) is 7. The lowest BCUT2D eigenvalue weighted by Gasteiger charge is -2.13. The van der Waals surface area contributed by atoms with E-state index in [1.807, 2.05) is 0 Å². The smallest absolute Gasteiger partial charge is 0.355 e. The highest BCUT2D eigenvalue weighted by Crippen LogP contribution is 2.38. The zero-order chi connectivity index (χ0) is 17.0. The molecule has 0 saturated heterocycles. The second-order valence-corrected chi connectivity index (χ2v) is 5.07. The van der Waals surface area contributed by atoms with Gasteiger partial charge in [0.05, 0.1) is 21.3 Å². The number of benzene rings is 1. The molecule has 0 radical (unpaired) electrons. The fourth-order valence-corrected chi connectivity index (χ4v) is 2.49. The molecule has 0 atom stereocenters. The second-order valence-electron chi connectivity index (χ2n) is 4.21. The summed E-state index contributed by atoms with van der Waals surface area (Å²) in [5.74, 6) is -0.594. The van der Waals surface area contributed by atoms with Crippen LogP contribution < -0.4 is 19.5 Å². The van der Waals surface area contributed by atoms with Gasteiger partial charge in [-0.2, -0.15) is 0 Å². The number of carbonyl (C=O) groups excluding carboxylic acids is 1. The molecule has 1 aromatic carbocycles. The van der Waals surface area contributed by atoms with Crippen LogP contribution in [0.3, 0.4) is 0 Å². The van der Waals surface area contributed by atoms with Crippen LogP contribution in [0.5, 0.6) is 17.2 Å². The van der Waals surface area contributed by atoms with Gasteiger partial charge in [-0.05, 0) is 12.1 Å². The van der Waals surface area contributed by atoms with Gasteiger partial charge in [0.15, 0.2) is 22.3 Å². The zero-order valence-electron chi connectivity index (χ0n) is 12.6. The van der Waals surface area contributed by atoms with E-state index in [0.717, 1.165) is 11.3 Å². The van der Waals surface area contributed by atoms with Gasteiger partial charge < -0.3 is 19.3 Å². The number of carboxylic acid groups (broad SMARTS) is 1. The normalized spacial score (nSPS) is 10.0. The molecule has 2 N–H and O–H groups in total. The van der Waals surface area contributed by atoms with Gasteiger partial charge >= 0.3 is 5.97 Å². The number of carbonyl (C=O) groups is 2. The molecule has 0 saturated carbocycles. The number of nitrogens with one attached hydrogen (secondary N) is 1. The molecule has 0 spiro atoms. The molecule has 1 aromatic heterocycles. The van der Waals surface area contributed by atoms with E-state index in [0.29, 0.717) is 17.2 Å². The molecule has 1 heterocycles. The third kappa shape index (κ3) is 3.51. The average Bonchev–Trinajstić information content (AvgIpc) is 3.01. The van der Waals surface area contributed by atoms with Crippen molar-refractivity contribution in [2.45, 2.75) is 0 Å². The van der Waals surface area contributed by atoms with Crippen molar-refractivity contribution < 1.29 is 28.9 Å². The van der Waals surface area contributed by atoms with Gasteiger partial charge in [0.1, 0.15) is 0 Å². The first-order chi connectivity index (χ1) is 11.0. The van der Waals surface area contributed by atoms with E-state index in [-0.39, 0.29) is 16.4 Å². The molecule has 9 heteroatoms. The van der Waals surface area contributed by atoms with Crippen molar-refractivity contribution >= 4 is 28.3 Å². The van der Waals surface area contributed by atoms with Crippen LogP contribution in [0.2, 0.25) is 0 Å². The third-order valence-corrected chi connectivity index (χ3v) is 3.63. The van der Waals surface area contributed by atoms with Crippen LogP contribution in [0, 0.1) is 0 Å². The number of thiazole rings is 1. The largest absolute Gasteiger partial charge is 0.493 e. The van der Waals surface area contributed by atoms with Gasteiger partial charge in [0.2, 0.25) is 5.75 Å². The Kier molecular flexibility index (Phi) is 5.02. The molecule has 0 bridgehead atoms. The van der Waals surface area contributed by atoms with Crippen LogP contribution in [-0.2, 0) is 0 Å². The number of aromatic nitrogens is 1. The van der Waals surface area contributed by atoms with Crippen molar-refractivity contribution in [3.8, 4) is 17.2 Å². The number of methoxy groups -OCH3 is 3. The van der Waals surface area contributed by atoms with Crippen LogP contribution in [0.15, 0.2) is 17.5 Å². The Morgan fingerprint density at radius 3 is 2.17 bits per heavy atom. The van der Waals surface area contributed by atoms with Crippen LogP contribution in [0.4, 0.5) is 5.13 Å². The van der Waals surface area contributed by atoms with E-state index in [9.17, 15) is 9.59 Å². The fourth-order valence-electron chi connectivity index (χ4n) is 1.81. The van der Waals surface area contributed by atoms with Crippen molar-refractivity contribution in [2.75, 3.05) is 26.6 Å². The molecule has 0 unspecified atom stereocenters. The van der Waals surface area contributed by atoms with Crippen LogP contribution in [-0.4, -0.2) is 43.3 Å². The van der Waals surface area contributed by atoms with E-state index in [1.165, 1.54) is 38.8 Å². The Bertz CT molecular complexity index is 718. The molecule has 0 aliphatic rings. The van der Waals surface area contributed by atoms with E-state index in [1.54, 1.807) is 0 Å². The van der Waals surface area contributed by atoms with Gasteiger partial charge in [0, 0.05) is 10.9 Å². The first-order valence-corrected chi connectivity index (χ1v) is 7.18. The molecule has 0 aliphatic heterocycles.